The SMILES string of the molecule is CCOC(=O)C(C)(CCCCSc1ccccc1F)NC. The number of nitrogens with one attached hydrogen (secondary N) is 1. The third kappa shape index (κ3) is 5.67. The van der Waals surface area contributed by atoms with Gasteiger partial charge in [0.05, 0.1) is 6.61 Å². The first-order valence-corrected chi connectivity index (χ1v) is 8.25. The van der Waals surface area contributed by atoms with Gasteiger partial charge in [-0.3, -0.25) is 4.79 Å². The van der Waals surface area contributed by atoms with E-state index in [2.05, 4.69) is 5.32 Å². The highest BCUT2D eigenvalue weighted by Crippen LogP contribution is 2.23. The van der Waals surface area contributed by atoms with Crippen LogP contribution in [0.5, 0.6) is 0 Å². The predicted molar refractivity (Wildman–Crippen MR) is 85.1 cm³/mol. The summed E-state index contributed by atoms with van der Waals surface area (Å²) in [7, 11) is 1.77. The molecule has 0 aliphatic rings. The quantitative estimate of drug-likeness (QED) is 0.429. The highest BCUT2D eigenvalue weighted by atomic mass is 32.2. The van der Waals surface area contributed by atoms with Crippen LogP contribution in [0, 0.1) is 5.82 Å². The van der Waals surface area contributed by atoms with Crippen molar-refractivity contribution in [2.45, 2.75) is 43.5 Å². The largest absolute Gasteiger partial charge is 0.465 e. The standard InChI is InChI=1S/C16H24FNO2S/c1-4-20-15(19)16(2,18-3)11-7-8-12-21-14-10-6-5-9-13(14)17/h5-6,9-10,18H,4,7-8,11-12H2,1-3H3. The van der Waals surface area contributed by atoms with Crippen molar-refractivity contribution in [2.75, 3.05) is 19.4 Å². The fourth-order valence-electron chi connectivity index (χ4n) is 1.94. The van der Waals surface area contributed by atoms with E-state index in [-0.39, 0.29) is 11.8 Å². The van der Waals surface area contributed by atoms with Crippen LogP contribution < -0.4 is 5.32 Å². The van der Waals surface area contributed by atoms with E-state index in [1.807, 2.05) is 13.0 Å². The van der Waals surface area contributed by atoms with Gasteiger partial charge in [-0.25, -0.2) is 4.39 Å². The molecule has 3 nitrogen and oxygen atoms in total. The molecule has 0 fully saturated rings. The maximum atomic E-state index is 13.4. The van der Waals surface area contributed by atoms with Crippen molar-refractivity contribution in [3.8, 4) is 0 Å². The molecule has 1 unspecified atom stereocenters. The number of thioether (sulfide) groups is 1. The van der Waals surface area contributed by atoms with E-state index in [9.17, 15) is 9.18 Å². The van der Waals surface area contributed by atoms with Crippen molar-refractivity contribution in [1.82, 2.24) is 5.32 Å². The van der Waals surface area contributed by atoms with E-state index in [0.29, 0.717) is 17.9 Å². The Morgan fingerprint density at radius 3 is 2.71 bits per heavy atom. The summed E-state index contributed by atoms with van der Waals surface area (Å²) in [4.78, 5) is 12.6. The van der Waals surface area contributed by atoms with Crippen molar-refractivity contribution in [3.63, 3.8) is 0 Å². The highest BCUT2D eigenvalue weighted by molar-refractivity contribution is 7.99. The number of unbranched alkanes of at least 4 members (excludes halogenated alkanes) is 1. The summed E-state index contributed by atoms with van der Waals surface area (Å²) >= 11 is 1.51. The monoisotopic (exact) mass is 313 g/mol. The summed E-state index contributed by atoms with van der Waals surface area (Å²) in [6.45, 7) is 4.05. The minimum Gasteiger partial charge on any atom is -0.465 e. The maximum Gasteiger partial charge on any atom is 0.326 e. The minimum atomic E-state index is -0.640. The molecule has 0 heterocycles. The van der Waals surface area contributed by atoms with E-state index < -0.39 is 5.54 Å². The zero-order valence-electron chi connectivity index (χ0n) is 12.9. The third-order valence-corrected chi connectivity index (χ3v) is 4.58. The van der Waals surface area contributed by atoms with Crippen LogP contribution in [0.4, 0.5) is 4.39 Å². The second-order valence-electron chi connectivity index (χ2n) is 5.04. The molecule has 0 spiro atoms. The Kier molecular flexibility index (Phi) is 7.75. The number of hydrogen-bond acceptors (Lipinski definition) is 4. The lowest BCUT2D eigenvalue weighted by atomic mass is 9.95. The number of likely N-dealkylation sites (N-methyl/N-ethyl adjacent to an activating group) is 1. The first-order valence-electron chi connectivity index (χ1n) is 7.27. The van der Waals surface area contributed by atoms with Gasteiger partial charge in [0.15, 0.2) is 0 Å². The van der Waals surface area contributed by atoms with Gasteiger partial charge in [-0.05, 0) is 51.6 Å². The number of carbonyl (C=O) groups is 1. The van der Waals surface area contributed by atoms with Crippen molar-refractivity contribution in [2.24, 2.45) is 0 Å². The van der Waals surface area contributed by atoms with Crippen molar-refractivity contribution in [3.05, 3.63) is 30.1 Å². The lowest BCUT2D eigenvalue weighted by Gasteiger charge is -2.26. The van der Waals surface area contributed by atoms with E-state index in [1.165, 1.54) is 17.8 Å². The molecule has 118 valence electrons. The molecule has 0 saturated carbocycles. The molecule has 0 aliphatic carbocycles. The number of rotatable bonds is 9. The summed E-state index contributed by atoms with van der Waals surface area (Å²) in [5.74, 6) is 0.451. The predicted octanol–water partition coefficient (Wildman–Crippen LogP) is 3.63. The topological polar surface area (TPSA) is 38.3 Å². The molecule has 0 radical (unpaired) electrons. The molecule has 1 aromatic rings. The Labute approximate surface area is 130 Å². The van der Waals surface area contributed by atoms with Gasteiger partial charge < -0.3 is 10.1 Å². The number of hydrogen-bond donors (Lipinski definition) is 1. The molecular weight excluding hydrogens is 289 g/mol. The van der Waals surface area contributed by atoms with Gasteiger partial charge in [-0.15, -0.1) is 11.8 Å². The van der Waals surface area contributed by atoms with Crippen molar-refractivity contribution >= 4 is 17.7 Å². The first kappa shape index (κ1) is 18.0. The number of carbonyl (C=O) groups excluding carboxylic acids is 1. The fraction of sp³-hybridized carbons (Fsp3) is 0.562. The normalized spacial score (nSPS) is 13.7. The third-order valence-electron chi connectivity index (χ3n) is 3.44. The zero-order chi connectivity index (χ0) is 15.7. The van der Waals surface area contributed by atoms with Gasteiger partial charge >= 0.3 is 5.97 Å². The van der Waals surface area contributed by atoms with Crippen LogP contribution in [0.1, 0.15) is 33.1 Å². The first-order chi connectivity index (χ1) is 10.0. The van der Waals surface area contributed by atoms with Crippen LogP contribution in [0.15, 0.2) is 29.2 Å². The van der Waals surface area contributed by atoms with E-state index in [0.717, 1.165) is 18.6 Å². The van der Waals surface area contributed by atoms with Crippen molar-refractivity contribution in [1.29, 1.82) is 0 Å². The van der Waals surface area contributed by atoms with Crippen LogP contribution in [0.3, 0.4) is 0 Å². The molecule has 0 aromatic heterocycles. The lowest BCUT2D eigenvalue weighted by Crippen LogP contribution is -2.48. The Hall–Kier alpha value is -1.07. The van der Waals surface area contributed by atoms with Gasteiger partial charge in [0.2, 0.25) is 0 Å². The Balaban J connectivity index is 2.32. The van der Waals surface area contributed by atoms with Gasteiger partial charge in [0, 0.05) is 4.90 Å². The van der Waals surface area contributed by atoms with Gasteiger partial charge in [-0.2, -0.15) is 0 Å². The Bertz CT molecular complexity index is 456. The van der Waals surface area contributed by atoms with Gasteiger partial charge in [-0.1, -0.05) is 18.6 Å². The van der Waals surface area contributed by atoms with E-state index >= 15 is 0 Å². The van der Waals surface area contributed by atoms with Gasteiger partial charge in [0.1, 0.15) is 11.4 Å². The average molecular weight is 313 g/mol. The smallest absolute Gasteiger partial charge is 0.326 e. The fourth-order valence-corrected chi connectivity index (χ4v) is 2.89. The molecule has 21 heavy (non-hydrogen) atoms. The Morgan fingerprint density at radius 1 is 1.38 bits per heavy atom. The highest BCUT2D eigenvalue weighted by Gasteiger charge is 2.32. The molecule has 1 N–H and O–H groups in total. The summed E-state index contributed by atoms with van der Waals surface area (Å²) in [5.41, 5.74) is -0.640. The molecule has 0 saturated heterocycles. The Morgan fingerprint density at radius 2 is 2.10 bits per heavy atom. The number of ether oxygens (including phenoxy) is 1. The molecule has 0 bridgehead atoms. The summed E-state index contributed by atoms with van der Waals surface area (Å²) < 4.78 is 18.5. The minimum absolute atomic E-state index is 0.172. The van der Waals surface area contributed by atoms with E-state index in [1.54, 1.807) is 26.1 Å². The summed E-state index contributed by atoms with van der Waals surface area (Å²) in [5, 5.41) is 3.04. The van der Waals surface area contributed by atoms with E-state index in [4.69, 9.17) is 4.74 Å². The zero-order valence-corrected chi connectivity index (χ0v) is 13.8. The maximum absolute atomic E-state index is 13.4. The number of halogens is 1. The van der Waals surface area contributed by atoms with Crippen LogP contribution >= 0.6 is 11.8 Å². The van der Waals surface area contributed by atoms with Crippen LogP contribution in [0.2, 0.25) is 0 Å². The lowest BCUT2D eigenvalue weighted by molar-refractivity contribution is -0.150. The second kappa shape index (κ2) is 9.05. The number of esters is 1. The van der Waals surface area contributed by atoms with Crippen LogP contribution in [-0.2, 0) is 9.53 Å². The van der Waals surface area contributed by atoms with Crippen molar-refractivity contribution < 1.29 is 13.9 Å². The molecule has 1 aromatic carbocycles. The van der Waals surface area contributed by atoms with Gasteiger partial charge in [0.25, 0.3) is 0 Å². The second-order valence-corrected chi connectivity index (χ2v) is 6.18. The summed E-state index contributed by atoms with van der Waals surface area (Å²) in [6.07, 6.45) is 2.52. The van der Waals surface area contributed by atoms with Crippen LogP contribution in [-0.4, -0.2) is 30.9 Å². The molecule has 5 heteroatoms. The molecular formula is C16H24FNO2S. The number of benzene rings is 1. The molecule has 1 atom stereocenters. The molecule has 0 aliphatic heterocycles. The van der Waals surface area contributed by atoms with Crippen LogP contribution in [0.25, 0.3) is 0 Å². The molecule has 1 rings (SSSR count). The molecule has 0 amide bonds. The summed E-state index contributed by atoms with van der Waals surface area (Å²) in [6, 6.07) is 6.79. The average Bonchev–Trinajstić information content (AvgIpc) is 2.48.